The fourth-order valence-corrected chi connectivity index (χ4v) is 1.67. The van der Waals surface area contributed by atoms with Crippen molar-refractivity contribution >= 4 is 11.6 Å². The Morgan fingerprint density at radius 3 is 2.17 bits per heavy atom. The SMILES string of the molecule is CCc1ccc(N(C)c2ncc(CO)cn2)cc1. The number of aliphatic hydroxyl groups is 1. The Labute approximate surface area is 107 Å². The van der Waals surface area contributed by atoms with E-state index in [-0.39, 0.29) is 6.61 Å². The van der Waals surface area contributed by atoms with Gasteiger partial charge in [0.1, 0.15) is 0 Å². The zero-order valence-corrected chi connectivity index (χ0v) is 10.7. The van der Waals surface area contributed by atoms with Gasteiger partial charge in [-0.1, -0.05) is 19.1 Å². The van der Waals surface area contributed by atoms with Crippen molar-refractivity contribution in [2.45, 2.75) is 20.0 Å². The van der Waals surface area contributed by atoms with Crippen LogP contribution in [0.3, 0.4) is 0 Å². The van der Waals surface area contributed by atoms with Gasteiger partial charge in [0.2, 0.25) is 5.95 Å². The van der Waals surface area contributed by atoms with Gasteiger partial charge in [0, 0.05) is 30.7 Å². The minimum atomic E-state index is -0.0325. The second-order valence-electron chi connectivity index (χ2n) is 4.13. The van der Waals surface area contributed by atoms with Gasteiger partial charge in [0.15, 0.2) is 0 Å². The van der Waals surface area contributed by atoms with Gasteiger partial charge < -0.3 is 10.0 Å². The number of nitrogens with zero attached hydrogens (tertiary/aromatic N) is 3. The molecule has 2 rings (SSSR count). The summed E-state index contributed by atoms with van der Waals surface area (Å²) in [7, 11) is 1.93. The van der Waals surface area contributed by atoms with Gasteiger partial charge in [-0.25, -0.2) is 9.97 Å². The van der Waals surface area contributed by atoms with Gasteiger partial charge in [-0.05, 0) is 24.1 Å². The largest absolute Gasteiger partial charge is 0.392 e. The molecule has 2 aromatic rings. The van der Waals surface area contributed by atoms with Crippen molar-refractivity contribution in [2.24, 2.45) is 0 Å². The zero-order valence-electron chi connectivity index (χ0n) is 10.7. The van der Waals surface area contributed by atoms with Gasteiger partial charge in [-0.2, -0.15) is 0 Å². The van der Waals surface area contributed by atoms with Gasteiger partial charge in [-0.15, -0.1) is 0 Å². The van der Waals surface area contributed by atoms with Crippen LogP contribution in [0.2, 0.25) is 0 Å². The molecule has 1 aromatic heterocycles. The quantitative estimate of drug-likeness (QED) is 0.895. The molecule has 0 aliphatic heterocycles. The first-order chi connectivity index (χ1) is 8.74. The summed E-state index contributed by atoms with van der Waals surface area (Å²) in [5, 5.41) is 8.95. The minimum absolute atomic E-state index is 0.0325. The lowest BCUT2D eigenvalue weighted by atomic mass is 10.1. The lowest BCUT2D eigenvalue weighted by molar-refractivity contribution is 0.281. The van der Waals surface area contributed by atoms with Gasteiger partial charge in [0.05, 0.1) is 6.61 Å². The molecule has 94 valence electrons. The fourth-order valence-electron chi connectivity index (χ4n) is 1.67. The molecule has 0 unspecified atom stereocenters. The van der Waals surface area contributed by atoms with Crippen molar-refractivity contribution in [1.29, 1.82) is 0 Å². The molecule has 0 saturated heterocycles. The molecular weight excluding hydrogens is 226 g/mol. The molecule has 1 N–H and O–H groups in total. The number of hydrogen-bond donors (Lipinski definition) is 1. The molecule has 4 heteroatoms. The first-order valence-electron chi connectivity index (χ1n) is 5.99. The van der Waals surface area contributed by atoms with Crippen LogP contribution in [0, 0.1) is 0 Å². The minimum Gasteiger partial charge on any atom is -0.392 e. The molecule has 0 fully saturated rings. The second-order valence-corrected chi connectivity index (χ2v) is 4.13. The summed E-state index contributed by atoms with van der Waals surface area (Å²) in [6, 6.07) is 8.33. The summed E-state index contributed by atoms with van der Waals surface area (Å²) in [5.41, 5.74) is 3.07. The number of anilines is 2. The molecule has 18 heavy (non-hydrogen) atoms. The molecule has 0 atom stereocenters. The third-order valence-electron chi connectivity index (χ3n) is 2.91. The van der Waals surface area contributed by atoms with Gasteiger partial charge >= 0.3 is 0 Å². The Bertz CT molecular complexity index is 446. The maximum Gasteiger partial charge on any atom is 0.229 e. The third-order valence-corrected chi connectivity index (χ3v) is 2.91. The van der Waals surface area contributed by atoms with Gasteiger partial charge in [-0.3, -0.25) is 0 Å². The summed E-state index contributed by atoms with van der Waals surface area (Å²) >= 11 is 0. The van der Waals surface area contributed by atoms with Crippen LogP contribution in [0.25, 0.3) is 0 Å². The summed E-state index contributed by atoms with van der Waals surface area (Å²) < 4.78 is 0. The molecular formula is C14H17N3O. The van der Waals surface area contributed by atoms with Crippen LogP contribution in [-0.4, -0.2) is 22.1 Å². The van der Waals surface area contributed by atoms with Crippen molar-refractivity contribution in [2.75, 3.05) is 11.9 Å². The Morgan fingerprint density at radius 2 is 1.67 bits per heavy atom. The summed E-state index contributed by atoms with van der Waals surface area (Å²) in [4.78, 5) is 10.4. The predicted molar refractivity (Wildman–Crippen MR) is 71.8 cm³/mol. The molecule has 4 nitrogen and oxygen atoms in total. The molecule has 0 radical (unpaired) electrons. The summed E-state index contributed by atoms with van der Waals surface area (Å²) in [6.45, 7) is 2.10. The van der Waals surface area contributed by atoms with E-state index in [0.29, 0.717) is 11.5 Å². The number of rotatable bonds is 4. The van der Waals surface area contributed by atoms with Crippen LogP contribution in [0.15, 0.2) is 36.7 Å². The lowest BCUT2D eigenvalue weighted by Gasteiger charge is -2.17. The molecule has 0 aliphatic carbocycles. The Balaban J connectivity index is 2.20. The van der Waals surface area contributed by atoms with Crippen molar-refractivity contribution in [1.82, 2.24) is 9.97 Å². The Hall–Kier alpha value is -1.94. The zero-order chi connectivity index (χ0) is 13.0. The van der Waals surface area contributed by atoms with Crippen LogP contribution in [-0.2, 0) is 13.0 Å². The third kappa shape index (κ3) is 2.65. The van der Waals surface area contributed by atoms with E-state index >= 15 is 0 Å². The van der Waals surface area contributed by atoms with Crippen molar-refractivity contribution < 1.29 is 5.11 Å². The molecule has 0 spiro atoms. The van der Waals surface area contributed by atoms with Crippen LogP contribution in [0.4, 0.5) is 11.6 Å². The number of benzene rings is 1. The molecule has 1 heterocycles. The first-order valence-corrected chi connectivity index (χ1v) is 5.99. The summed E-state index contributed by atoms with van der Waals surface area (Å²) in [6.07, 6.45) is 4.31. The highest BCUT2D eigenvalue weighted by Gasteiger charge is 2.06. The maximum absolute atomic E-state index is 8.95. The van der Waals surface area contributed by atoms with E-state index < -0.39 is 0 Å². The second kappa shape index (κ2) is 5.60. The van der Waals surface area contributed by atoms with Crippen LogP contribution < -0.4 is 4.90 Å². The highest BCUT2D eigenvalue weighted by Crippen LogP contribution is 2.20. The number of hydrogen-bond acceptors (Lipinski definition) is 4. The van der Waals surface area contributed by atoms with Crippen LogP contribution in [0.5, 0.6) is 0 Å². The van der Waals surface area contributed by atoms with E-state index in [1.165, 1.54) is 5.56 Å². The Kier molecular flexibility index (Phi) is 3.89. The average molecular weight is 243 g/mol. The van der Waals surface area contributed by atoms with Crippen molar-refractivity contribution in [3.63, 3.8) is 0 Å². The van der Waals surface area contributed by atoms with E-state index in [9.17, 15) is 0 Å². The first kappa shape index (κ1) is 12.5. The van der Waals surface area contributed by atoms with E-state index in [1.54, 1.807) is 12.4 Å². The highest BCUT2D eigenvalue weighted by atomic mass is 16.3. The smallest absolute Gasteiger partial charge is 0.229 e. The van der Waals surface area contributed by atoms with Gasteiger partial charge in [0.25, 0.3) is 0 Å². The number of aromatic nitrogens is 2. The standard InChI is InChI=1S/C14H17N3O/c1-3-11-4-6-13(7-5-11)17(2)14-15-8-12(10-18)9-16-14/h4-9,18H,3,10H2,1-2H3. The van der Waals surface area contributed by atoms with Crippen molar-refractivity contribution in [3.05, 3.63) is 47.8 Å². The summed E-state index contributed by atoms with van der Waals surface area (Å²) in [5.74, 6) is 0.622. The molecule has 0 saturated carbocycles. The van der Waals surface area contributed by atoms with E-state index in [4.69, 9.17) is 5.11 Å². The van der Waals surface area contributed by atoms with Crippen molar-refractivity contribution in [3.8, 4) is 0 Å². The topological polar surface area (TPSA) is 49.2 Å². The van der Waals surface area contributed by atoms with E-state index in [2.05, 4.69) is 41.2 Å². The van der Waals surface area contributed by atoms with E-state index in [0.717, 1.165) is 12.1 Å². The normalized spacial score (nSPS) is 10.4. The fraction of sp³-hybridized carbons (Fsp3) is 0.286. The molecule has 1 aromatic carbocycles. The number of aryl methyl sites for hydroxylation is 1. The van der Waals surface area contributed by atoms with Crippen LogP contribution >= 0.6 is 0 Å². The Morgan fingerprint density at radius 1 is 1.06 bits per heavy atom. The van der Waals surface area contributed by atoms with E-state index in [1.807, 2.05) is 11.9 Å². The maximum atomic E-state index is 8.95. The predicted octanol–water partition coefficient (Wildman–Crippen LogP) is 2.30. The van der Waals surface area contributed by atoms with Crippen LogP contribution in [0.1, 0.15) is 18.1 Å². The molecule has 0 amide bonds. The number of aliphatic hydroxyl groups excluding tert-OH is 1. The highest BCUT2D eigenvalue weighted by molar-refractivity contribution is 5.56. The lowest BCUT2D eigenvalue weighted by Crippen LogP contribution is -2.13. The molecule has 0 aliphatic rings. The monoisotopic (exact) mass is 243 g/mol. The average Bonchev–Trinajstić information content (AvgIpc) is 2.47. The molecule has 0 bridgehead atoms.